The van der Waals surface area contributed by atoms with Crippen molar-refractivity contribution in [3.05, 3.63) is 89.8 Å². The fourth-order valence-electron chi connectivity index (χ4n) is 3.84. The van der Waals surface area contributed by atoms with E-state index in [1.54, 1.807) is 18.3 Å². The first-order valence-corrected chi connectivity index (χ1v) is 13.3. The molecule has 0 N–H and O–H groups in total. The van der Waals surface area contributed by atoms with E-state index in [1.807, 2.05) is 57.2 Å². The second-order valence-corrected chi connectivity index (χ2v) is 11.7. The number of aromatic nitrogens is 2. The average Bonchev–Trinajstić information content (AvgIpc) is 3.30. The molecule has 4 aromatic rings. The van der Waals surface area contributed by atoms with Crippen LogP contribution < -0.4 is 19.8 Å². The third kappa shape index (κ3) is 5.39. The fraction of sp³-hybridized carbons (Fsp3) is 0.222. The molecule has 0 fully saturated rings. The van der Waals surface area contributed by atoms with Crippen LogP contribution in [0.15, 0.2) is 67.4 Å². The molecule has 0 spiro atoms. The van der Waals surface area contributed by atoms with E-state index in [9.17, 15) is 4.79 Å². The van der Waals surface area contributed by atoms with Crippen LogP contribution in [0.5, 0.6) is 17.2 Å². The summed E-state index contributed by atoms with van der Waals surface area (Å²) in [5.41, 5.74) is 1.57. The number of hydrogen-bond donors (Lipinski definition) is 0. The maximum absolute atomic E-state index is 13.4. The number of nitrogens with zero attached hydrogens (tertiary/aromatic N) is 3. The Kier molecular flexibility index (Phi) is 7.04. The van der Waals surface area contributed by atoms with Gasteiger partial charge in [-0.05, 0) is 69.5 Å². The maximum Gasteiger partial charge on any atom is 0.282 e. The van der Waals surface area contributed by atoms with Crippen molar-refractivity contribution in [3.8, 4) is 17.2 Å². The molecule has 0 aliphatic carbocycles. The van der Waals surface area contributed by atoms with E-state index in [4.69, 9.17) is 30.8 Å². The predicted molar refractivity (Wildman–Crippen MR) is 151 cm³/mol. The Morgan fingerprint density at radius 2 is 1.89 bits per heavy atom. The lowest BCUT2D eigenvalue weighted by Crippen LogP contribution is -2.29. The third-order valence-electron chi connectivity index (χ3n) is 5.64. The number of halogens is 3. The fourth-order valence-corrected chi connectivity index (χ4v) is 5.19. The van der Waals surface area contributed by atoms with Crippen molar-refractivity contribution >= 4 is 60.6 Å². The maximum atomic E-state index is 13.4. The first-order chi connectivity index (χ1) is 17.6. The third-order valence-corrected chi connectivity index (χ3v) is 7.01. The number of ether oxygens (including phenoxy) is 3. The van der Waals surface area contributed by atoms with Gasteiger partial charge < -0.3 is 14.2 Å². The Morgan fingerprint density at radius 3 is 2.65 bits per heavy atom. The van der Waals surface area contributed by atoms with Gasteiger partial charge in [0.1, 0.15) is 12.4 Å². The standard InChI is InChI=1S/C27H22Br2ClN3O4/c1-27(2,3)26-32-21-6-5-17(28)11-18(21)25(34)33(26)31-12-16-8-19(29)24(20(30)9-16)35-13-15-4-7-22-23(10-15)37-14-36-22/h4-12H,13-14H2,1-3H3. The Balaban J connectivity index is 1.44. The van der Waals surface area contributed by atoms with Gasteiger partial charge in [0.15, 0.2) is 17.2 Å². The van der Waals surface area contributed by atoms with Crippen LogP contribution in [0.4, 0.5) is 0 Å². The average molecular weight is 648 g/mol. The van der Waals surface area contributed by atoms with Crippen LogP contribution in [0.2, 0.25) is 5.02 Å². The largest absolute Gasteiger partial charge is 0.486 e. The topological polar surface area (TPSA) is 74.9 Å². The number of rotatable bonds is 5. The molecule has 37 heavy (non-hydrogen) atoms. The molecular formula is C27H22Br2ClN3O4. The molecule has 0 radical (unpaired) electrons. The predicted octanol–water partition coefficient (Wildman–Crippen LogP) is 7.06. The zero-order valence-corrected chi connectivity index (χ0v) is 24.1. The SMILES string of the molecule is CC(C)(C)c1nc2ccc(Br)cc2c(=O)n1N=Cc1cc(Cl)c(OCc2ccc3c(c2)OCO3)c(Br)c1. The van der Waals surface area contributed by atoms with Gasteiger partial charge in [-0.1, -0.05) is 54.4 Å². The molecule has 0 saturated carbocycles. The molecule has 190 valence electrons. The molecule has 1 aromatic heterocycles. The van der Waals surface area contributed by atoms with Crippen LogP contribution in [-0.2, 0) is 12.0 Å². The van der Waals surface area contributed by atoms with Gasteiger partial charge in [-0.3, -0.25) is 4.79 Å². The highest BCUT2D eigenvalue weighted by Crippen LogP contribution is 2.36. The Labute approximate surface area is 235 Å². The minimum absolute atomic E-state index is 0.218. The van der Waals surface area contributed by atoms with E-state index in [0.717, 1.165) is 15.8 Å². The number of hydrogen-bond acceptors (Lipinski definition) is 6. The summed E-state index contributed by atoms with van der Waals surface area (Å²) < 4.78 is 19.6. The van der Waals surface area contributed by atoms with Crippen LogP contribution in [0, 0.1) is 0 Å². The van der Waals surface area contributed by atoms with Gasteiger partial charge in [0.25, 0.3) is 5.56 Å². The van der Waals surface area contributed by atoms with Crippen molar-refractivity contribution < 1.29 is 14.2 Å². The summed E-state index contributed by atoms with van der Waals surface area (Å²) in [5.74, 6) is 2.46. The van der Waals surface area contributed by atoms with Crippen molar-refractivity contribution in [1.82, 2.24) is 9.66 Å². The van der Waals surface area contributed by atoms with Gasteiger partial charge in [-0.25, -0.2) is 4.98 Å². The molecule has 3 aromatic carbocycles. The molecule has 5 rings (SSSR count). The number of fused-ring (bicyclic) bond motifs is 2. The van der Waals surface area contributed by atoms with Crippen LogP contribution in [-0.4, -0.2) is 22.7 Å². The minimum atomic E-state index is -0.414. The molecule has 7 nitrogen and oxygen atoms in total. The Bertz CT molecular complexity index is 1590. The zero-order valence-electron chi connectivity index (χ0n) is 20.2. The van der Waals surface area contributed by atoms with Gasteiger partial charge in [-0.15, -0.1) is 0 Å². The van der Waals surface area contributed by atoms with Crippen LogP contribution in [0.1, 0.15) is 37.7 Å². The summed E-state index contributed by atoms with van der Waals surface area (Å²) >= 11 is 13.5. The lowest BCUT2D eigenvalue weighted by molar-refractivity contribution is 0.174. The van der Waals surface area contributed by atoms with Gasteiger partial charge in [0.05, 0.1) is 26.6 Å². The van der Waals surface area contributed by atoms with Gasteiger partial charge in [0, 0.05) is 9.89 Å². The monoisotopic (exact) mass is 645 g/mol. The first-order valence-electron chi connectivity index (χ1n) is 11.4. The molecule has 1 aliphatic rings. The molecule has 2 heterocycles. The van der Waals surface area contributed by atoms with Crippen molar-refractivity contribution in [2.24, 2.45) is 5.10 Å². The van der Waals surface area contributed by atoms with E-state index < -0.39 is 5.41 Å². The highest BCUT2D eigenvalue weighted by atomic mass is 79.9. The van der Waals surface area contributed by atoms with E-state index in [-0.39, 0.29) is 12.4 Å². The summed E-state index contributed by atoms with van der Waals surface area (Å²) in [7, 11) is 0. The van der Waals surface area contributed by atoms with Gasteiger partial charge >= 0.3 is 0 Å². The molecule has 0 atom stereocenters. The van der Waals surface area contributed by atoms with Crippen molar-refractivity contribution in [2.75, 3.05) is 6.79 Å². The van der Waals surface area contributed by atoms with Crippen molar-refractivity contribution in [3.63, 3.8) is 0 Å². The molecular weight excluding hydrogens is 626 g/mol. The second kappa shape index (κ2) is 10.1. The molecule has 0 amide bonds. The van der Waals surface area contributed by atoms with E-state index in [1.165, 1.54) is 4.68 Å². The molecule has 0 unspecified atom stereocenters. The summed E-state index contributed by atoms with van der Waals surface area (Å²) in [5, 5.41) is 5.40. The summed E-state index contributed by atoms with van der Waals surface area (Å²) in [6.07, 6.45) is 1.58. The minimum Gasteiger partial charge on any atom is -0.486 e. The highest BCUT2D eigenvalue weighted by molar-refractivity contribution is 9.10. The summed E-state index contributed by atoms with van der Waals surface area (Å²) in [4.78, 5) is 18.1. The van der Waals surface area contributed by atoms with Gasteiger partial charge in [-0.2, -0.15) is 9.78 Å². The summed E-state index contributed by atoms with van der Waals surface area (Å²) in [6.45, 7) is 6.49. The Hall–Kier alpha value is -2.88. The normalized spacial score (nSPS) is 13.0. The molecule has 0 saturated heterocycles. The van der Waals surface area contributed by atoms with Crippen LogP contribution in [0.3, 0.4) is 0 Å². The van der Waals surface area contributed by atoms with Crippen LogP contribution in [0.25, 0.3) is 10.9 Å². The summed E-state index contributed by atoms with van der Waals surface area (Å²) in [6, 6.07) is 14.7. The Morgan fingerprint density at radius 1 is 1.11 bits per heavy atom. The quantitative estimate of drug-likeness (QED) is 0.217. The highest BCUT2D eigenvalue weighted by Gasteiger charge is 2.23. The molecule has 0 bridgehead atoms. The van der Waals surface area contributed by atoms with Gasteiger partial charge in [0.2, 0.25) is 6.79 Å². The lowest BCUT2D eigenvalue weighted by atomic mass is 9.95. The van der Waals surface area contributed by atoms with E-state index in [2.05, 4.69) is 37.0 Å². The lowest BCUT2D eigenvalue weighted by Gasteiger charge is -2.21. The molecule has 1 aliphatic heterocycles. The van der Waals surface area contributed by atoms with E-state index in [0.29, 0.717) is 49.9 Å². The van der Waals surface area contributed by atoms with Crippen LogP contribution >= 0.6 is 43.5 Å². The molecule has 10 heteroatoms. The number of benzene rings is 3. The van der Waals surface area contributed by atoms with E-state index >= 15 is 0 Å². The first kappa shape index (κ1) is 25.8. The van der Waals surface area contributed by atoms with Crippen molar-refractivity contribution in [2.45, 2.75) is 32.8 Å². The smallest absolute Gasteiger partial charge is 0.282 e. The zero-order chi connectivity index (χ0) is 26.3. The second-order valence-electron chi connectivity index (χ2n) is 9.50. The van der Waals surface area contributed by atoms with Crippen molar-refractivity contribution in [1.29, 1.82) is 0 Å².